The molecule has 0 amide bonds. The zero-order valence-electron chi connectivity index (χ0n) is 9.50. The zero-order valence-corrected chi connectivity index (χ0v) is 20.4. The predicted molar refractivity (Wildman–Crippen MR) is 94.9 cm³/mol. The van der Waals surface area contributed by atoms with Crippen molar-refractivity contribution in [3.63, 3.8) is 0 Å². The third kappa shape index (κ3) is 6.81. The Morgan fingerprint density at radius 3 is 1.16 bits per heavy atom. The molecule has 19 heavy (non-hydrogen) atoms. The second-order valence-electron chi connectivity index (χ2n) is 3.10. The first-order chi connectivity index (χ1) is 8.43. The summed E-state index contributed by atoms with van der Waals surface area (Å²) in [6.07, 6.45) is 0. The van der Waals surface area contributed by atoms with Crippen LogP contribution < -0.4 is 0 Å². The van der Waals surface area contributed by atoms with Crippen LogP contribution in [-0.4, -0.2) is 0 Å². The Morgan fingerprint density at radius 2 is 0.947 bits per heavy atom. The van der Waals surface area contributed by atoms with Gasteiger partial charge in [-0.05, 0) is 44.0 Å². The van der Waals surface area contributed by atoms with E-state index in [0.29, 0.717) is 0 Å². The maximum atomic E-state index is 4.96. The second-order valence-corrected chi connectivity index (χ2v) is 7.28. The van der Waals surface area contributed by atoms with E-state index in [1.54, 1.807) is 0 Å². The van der Waals surface area contributed by atoms with Crippen molar-refractivity contribution in [2.45, 2.75) is 9.79 Å². The molecular weight excluding hydrogens is 593 g/mol. The summed E-state index contributed by atoms with van der Waals surface area (Å²) in [6.45, 7) is 0. The van der Waals surface area contributed by atoms with E-state index in [4.69, 9.17) is 25.3 Å². The van der Waals surface area contributed by atoms with Crippen molar-refractivity contribution >= 4 is 89.0 Å². The van der Waals surface area contributed by atoms with Crippen molar-refractivity contribution in [3.05, 3.63) is 54.3 Å². The zero-order chi connectivity index (χ0) is 13.7. The molecule has 0 aliphatic carbocycles. The number of rotatable bonds is 0. The molecule has 0 saturated heterocycles. The Morgan fingerprint density at radius 1 is 0.632 bits per heavy atom. The Hall–Kier alpha value is 1.42. The van der Waals surface area contributed by atoms with Gasteiger partial charge < -0.3 is 25.3 Å². The van der Waals surface area contributed by atoms with Crippen molar-refractivity contribution in [2.24, 2.45) is 0 Å². The molecule has 0 spiro atoms. The van der Waals surface area contributed by atoms with Crippen LogP contribution in [0.5, 0.6) is 0 Å². The Kier molecular flexibility index (Phi) is 11.0. The average molecular weight is 599 g/mol. The molecule has 0 aromatic heterocycles. The molecule has 2 aromatic carbocycles. The second kappa shape index (κ2) is 10.2. The minimum Gasteiger partial charge on any atom is -0.779 e. The summed E-state index contributed by atoms with van der Waals surface area (Å²) < 4.78 is 3.94. The summed E-state index contributed by atoms with van der Waals surface area (Å²) in [5, 5.41) is 0. The van der Waals surface area contributed by atoms with E-state index in [0.717, 1.165) is 27.7 Å². The van der Waals surface area contributed by atoms with E-state index < -0.39 is 0 Å². The fraction of sp³-hybridized carbons (Fsp3) is 0. The van der Waals surface area contributed by atoms with Gasteiger partial charge in [0.05, 0.1) is 0 Å². The predicted octanol–water partition coefficient (Wildman–Crippen LogP) is 6.23. The summed E-state index contributed by atoms with van der Waals surface area (Å²) >= 11 is 23.2. The third-order valence-electron chi connectivity index (χ3n) is 1.83. The molecule has 0 heterocycles. The number of hydrogen-bond donors (Lipinski definition) is 0. The van der Waals surface area contributed by atoms with Gasteiger partial charge in [0.2, 0.25) is 0 Å². The van der Waals surface area contributed by atoms with Crippen LogP contribution in [0.25, 0.3) is 0 Å². The van der Waals surface area contributed by atoms with Gasteiger partial charge in [-0.3, -0.25) is 0 Å². The largest absolute Gasteiger partial charge is 2.00 e. The van der Waals surface area contributed by atoms with E-state index in [1.165, 1.54) is 0 Å². The molecule has 0 fully saturated rings. The first-order valence-electron chi connectivity index (χ1n) is 4.65. The van der Waals surface area contributed by atoms with Crippen LogP contribution in [0.3, 0.4) is 0 Å². The fourth-order valence-electron chi connectivity index (χ4n) is 0.968. The monoisotopic (exact) mass is 594 g/mol. The standard InChI is InChI=1S/2C6H4Br2S.Zn/c2*7-4-2-1-3-5(9)6(4)8;/h2*1-3,9H;/q;;+2/p-2. The van der Waals surface area contributed by atoms with Gasteiger partial charge in [0.1, 0.15) is 0 Å². The van der Waals surface area contributed by atoms with E-state index >= 15 is 0 Å². The van der Waals surface area contributed by atoms with Gasteiger partial charge in [-0.1, -0.05) is 56.1 Å². The SMILES string of the molecule is [S-]c1cccc(Br)c1Br.[S-]c1cccc(Br)c1Br.[Zn+2]. The van der Waals surface area contributed by atoms with E-state index in [9.17, 15) is 0 Å². The average Bonchev–Trinajstić information content (AvgIpc) is 2.34. The molecule has 2 aromatic rings. The molecule has 0 N–H and O–H groups in total. The number of halogens is 4. The quantitative estimate of drug-likeness (QED) is 0.260. The van der Waals surface area contributed by atoms with Crippen molar-refractivity contribution in [3.8, 4) is 0 Å². The summed E-state index contributed by atoms with van der Waals surface area (Å²) in [6, 6.07) is 11.5. The van der Waals surface area contributed by atoms with Crippen LogP contribution in [0.15, 0.2) is 64.1 Å². The van der Waals surface area contributed by atoms with E-state index in [1.807, 2.05) is 36.4 Å². The summed E-state index contributed by atoms with van der Waals surface area (Å²) in [5.74, 6) is 0. The molecule has 96 valence electrons. The smallest absolute Gasteiger partial charge is 0.779 e. The van der Waals surface area contributed by atoms with Crippen LogP contribution in [0, 0.1) is 0 Å². The molecule has 0 unspecified atom stereocenters. The molecule has 0 atom stereocenters. The molecule has 7 heteroatoms. The third-order valence-corrected chi connectivity index (χ3v) is 7.13. The van der Waals surface area contributed by atoms with Crippen LogP contribution in [0.4, 0.5) is 0 Å². The Labute approximate surface area is 170 Å². The van der Waals surface area contributed by atoms with Gasteiger partial charge in [0.15, 0.2) is 0 Å². The van der Waals surface area contributed by atoms with Crippen molar-refractivity contribution in [1.82, 2.24) is 0 Å². The molecule has 0 saturated carbocycles. The Balaban J connectivity index is 0.000000324. The molecule has 2 rings (SSSR count). The minimum absolute atomic E-state index is 0. The van der Waals surface area contributed by atoms with Crippen LogP contribution in [0.1, 0.15) is 0 Å². The minimum atomic E-state index is 0. The van der Waals surface area contributed by atoms with Gasteiger partial charge in [0.25, 0.3) is 0 Å². The summed E-state index contributed by atoms with van der Waals surface area (Å²) in [4.78, 5) is 1.67. The summed E-state index contributed by atoms with van der Waals surface area (Å²) in [7, 11) is 0. The molecule has 0 bridgehead atoms. The van der Waals surface area contributed by atoms with Gasteiger partial charge in [-0.15, -0.1) is 0 Å². The van der Waals surface area contributed by atoms with E-state index in [2.05, 4.69) is 63.7 Å². The Bertz CT molecular complexity index is 459. The number of benzene rings is 2. The normalized spacial score (nSPS) is 9.05. The van der Waals surface area contributed by atoms with Crippen LogP contribution >= 0.6 is 63.7 Å². The first kappa shape index (κ1) is 20.4. The fourth-order valence-corrected chi connectivity index (χ4v) is 2.87. The first-order valence-corrected chi connectivity index (χ1v) is 8.64. The topological polar surface area (TPSA) is 0 Å². The molecule has 0 radical (unpaired) electrons. The number of hydrogen-bond acceptors (Lipinski definition) is 2. The van der Waals surface area contributed by atoms with Crippen molar-refractivity contribution in [2.75, 3.05) is 0 Å². The molecule has 0 aliphatic heterocycles. The van der Waals surface area contributed by atoms with Gasteiger partial charge in [-0.25, -0.2) is 0 Å². The van der Waals surface area contributed by atoms with Gasteiger partial charge >= 0.3 is 19.5 Å². The van der Waals surface area contributed by atoms with Crippen molar-refractivity contribution < 1.29 is 19.5 Å². The van der Waals surface area contributed by atoms with Crippen molar-refractivity contribution in [1.29, 1.82) is 0 Å². The summed E-state index contributed by atoms with van der Waals surface area (Å²) in [5.41, 5.74) is 0. The van der Waals surface area contributed by atoms with Gasteiger partial charge in [0, 0.05) is 17.9 Å². The van der Waals surface area contributed by atoms with E-state index in [-0.39, 0.29) is 19.5 Å². The van der Waals surface area contributed by atoms with Crippen LogP contribution in [-0.2, 0) is 44.7 Å². The van der Waals surface area contributed by atoms with Crippen LogP contribution in [0.2, 0.25) is 0 Å². The van der Waals surface area contributed by atoms with Gasteiger partial charge in [-0.2, -0.15) is 9.79 Å². The molecule has 0 aliphatic rings. The molecular formula is C12H6Br4S2Zn. The molecule has 0 nitrogen and oxygen atoms in total. The maximum absolute atomic E-state index is 4.96. The maximum Gasteiger partial charge on any atom is 2.00 e.